The average molecular weight is 518 g/mol. The molecule has 0 atom stereocenters. The molecule has 0 saturated heterocycles. The first-order valence-electron chi connectivity index (χ1n) is 12.5. The van der Waals surface area contributed by atoms with Gasteiger partial charge in [0.15, 0.2) is 17.4 Å². The van der Waals surface area contributed by atoms with E-state index in [-0.39, 0.29) is 64.9 Å². The number of hydrogen-bond acceptors (Lipinski definition) is 9. The molecule has 3 rings (SSSR count). The van der Waals surface area contributed by atoms with Gasteiger partial charge in [-0.05, 0) is 25.7 Å². The maximum Gasteiger partial charge on any atom is 0.243 e. The number of allylic oxidation sites excluding steroid dienone is 6. The number of carbonyl (C=O) groups excluding carboxylic acids is 4. The minimum Gasteiger partial charge on any atom is -0.353 e. The van der Waals surface area contributed by atoms with E-state index < -0.39 is 0 Å². The standard InChI is InChI=1S/C27H31N7O4/c1-3-9-29-24(37)13-17-5-7-20(22(35)11-17)32-26-19(15-28)16-31-27(34-26)33-21-8-6-18(12-23(21)36)14-25(38)30-10-4-2/h7-8,13-14,16H,3-6,9-12H2,1-2H3,(H,29,37)(H,30,38)(H2,31,32,33,34). The van der Waals surface area contributed by atoms with Gasteiger partial charge in [-0.2, -0.15) is 10.2 Å². The van der Waals surface area contributed by atoms with Gasteiger partial charge >= 0.3 is 0 Å². The SMILES string of the molecule is CCCNC(=O)C=C1CC=C(Nc2ncc(C#N)c(NC3=CCC(=CC(=O)NCCC)CC3=O)n2)C(=O)C1. The minimum absolute atomic E-state index is 0.0736. The number of nitrogens with zero attached hydrogens (tertiary/aromatic N) is 3. The molecule has 198 valence electrons. The summed E-state index contributed by atoms with van der Waals surface area (Å²) in [6.07, 6.45) is 10.1. The zero-order chi connectivity index (χ0) is 27.5. The van der Waals surface area contributed by atoms with E-state index in [1.165, 1.54) is 18.3 Å². The van der Waals surface area contributed by atoms with Crippen molar-refractivity contribution in [2.75, 3.05) is 23.7 Å². The lowest BCUT2D eigenvalue weighted by Gasteiger charge is -2.18. The molecule has 2 aliphatic rings. The zero-order valence-electron chi connectivity index (χ0n) is 21.5. The van der Waals surface area contributed by atoms with Crippen molar-refractivity contribution >= 4 is 35.1 Å². The van der Waals surface area contributed by atoms with Crippen molar-refractivity contribution in [3.8, 4) is 6.07 Å². The van der Waals surface area contributed by atoms with Crippen molar-refractivity contribution in [1.82, 2.24) is 20.6 Å². The van der Waals surface area contributed by atoms with E-state index in [1.54, 1.807) is 12.2 Å². The summed E-state index contributed by atoms with van der Waals surface area (Å²) >= 11 is 0. The van der Waals surface area contributed by atoms with Crippen molar-refractivity contribution < 1.29 is 19.2 Å². The average Bonchev–Trinajstić information content (AvgIpc) is 2.89. The molecule has 4 N–H and O–H groups in total. The highest BCUT2D eigenvalue weighted by Crippen LogP contribution is 2.24. The van der Waals surface area contributed by atoms with E-state index in [9.17, 15) is 24.4 Å². The molecule has 0 aliphatic heterocycles. The smallest absolute Gasteiger partial charge is 0.243 e. The molecule has 0 bridgehead atoms. The number of amides is 2. The van der Waals surface area contributed by atoms with Crippen LogP contribution in [0.25, 0.3) is 0 Å². The molecule has 11 nitrogen and oxygen atoms in total. The van der Waals surface area contributed by atoms with Crippen LogP contribution in [0.1, 0.15) is 57.9 Å². The molecule has 1 heterocycles. The Labute approximate surface area is 221 Å². The molecular weight excluding hydrogens is 486 g/mol. The van der Waals surface area contributed by atoms with Crippen molar-refractivity contribution in [1.29, 1.82) is 5.26 Å². The first-order chi connectivity index (χ1) is 18.3. The summed E-state index contributed by atoms with van der Waals surface area (Å²) < 4.78 is 0. The lowest BCUT2D eigenvalue weighted by Crippen LogP contribution is -2.24. The molecule has 0 unspecified atom stereocenters. The number of anilines is 2. The van der Waals surface area contributed by atoms with Gasteiger partial charge in [-0.25, -0.2) is 4.98 Å². The maximum absolute atomic E-state index is 12.7. The Morgan fingerprint density at radius 2 is 1.45 bits per heavy atom. The quantitative estimate of drug-likeness (QED) is 0.341. The molecule has 0 aromatic carbocycles. The van der Waals surface area contributed by atoms with Gasteiger partial charge in [0, 0.05) is 38.1 Å². The summed E-state index contributed by atoms with van der Waals surface area (Å²) in [7, 11) is 0. The van der Waals surface area contributed by atoms with Gasteiger partial charge in [0.05, 0.1) is 17.6 Å². The molecule has 0 spiro atoms. The van der Waals surface area contributed by atoms with Gasteiger partial charge in [0.25, 0.3) is 0 Å². The van der Waals surface area contributed by atoms with Gasteiger partial charge in [-0.3, -0.25) is 19.2 Å². The molecule has 2 amide bonds. The fourth-order valence-corrected chi connectivity index (χ4v) is 3.74. The molecule has 0 saturated carbocycles. The molecule has 2 aliphatic carbocycles. The molecule has 1 aromatic rings. The summed E-state index contributed by atoms with van der Waals surface area (Å²) in [4.78, 5) is 57.5. The van der Waals surface area contributed by atoms with Crippen LogP contribution in [0.3, 0.4) is 0 Å². The second-order valence-electron chi connectivity index (χ2n) is 8.85. The highest BCUT2D eigenvalue weighted by molar-refractivity contribution is 6.02. The summed E-state index contributed by atoms with van der Waals surface area (Å²) in [6, 6.07) is 1.99. The number of nitrogens with one attached hydrogen (secondary N) is 4. The summed E-state index contributed by atoms with van der Waals surface area (Å²) in [5.41, 5.74) is 2.07. The first kappa shape index (κ1) is 28.0. The number of nitriles is 1. The number of ketones is 2. The molecule has 1 aromatic heterocycles. The molecule has 0 fully saturated rings. The predicted molar refractivity (Wildman–Crippen MR) is 141 cm³/mol. The van der Waals surface area contributed by atoms with Crippen LogP contribution in [0.2, 0.25) is 0 Å². The van der Waals surface area contributed by atoms with Crippen molar-refractivity contribution in [2.24, 2.45) is 0 Å². The number of Topliss-reactive ketones (excluding diaryl/α,β-unsaturated/α-hetero) is 2. The Kier molecular flexibility index (Phi) is 10.0. The third-order valence-corrected chi connectivity index (χ3v) is 5.69. The molecule has 38 heavy (non-hydrogen) atoms. The van der Waals surface area contributed by atoms with Gasteiger partial charge in [0.2, 0.25) is 17.8 Å². The molecular formula is C27H31N7O4. The Bertz CT molecular complexity index is 1280. The van der Waals surface area contributed by atoms with Crippen LogP contribution in [0.5, 0.6) is 0 Å². The fraction of sp³-hybridized carbons (Fsp3) is 0.370. The zero-order valence-corrected chi connectivity index (χ0v) is 21.5. The highest BCUT2D eigenvalue weighted by atomic mass is 16.2. The summed E-state index contributed by atoms with van der Waals surface area (Å²) in [6.45, 7) is 5.05. The van der Waals surface area contributed by atoms with Crippen LogP contribution in [0.4, 0.5) is 11.8 Å². The van der Waals surface area contributed by atoms with Crippen LogP contribution >= 0.6 is 0 Å². The van der Waals surface area contributed by atoms with Crippen molar-refractivity contribution in [3.05, 3.63) is 58.6 Å². The Balaban J connectivity index is 1.70. The monoisotopic (exact) mass is 517 g/mol. The third kappa shape index (κ3) is 7.96. The Morgan fingerprint density at radius 1 is 0.921 bits per heavy atom. The van der Waals surface area contributed by atoms with Crippen LogP contribution in [0, 0.1) is 11.3 Å². The first-order valence-corrected chi connectivity index (χ1v) is 12.5. The minimum atomic E-state index is -0.241. The number of carbonyl (C=O) groups is 4. The Hall–Kier alpha value is -4.59. The van der Waals surface area contributed by atoms with Gasteiger partial charge in [0.1, 0.15) is 11.6 Å². The van der Waals surface area contributed by atoms with Crippen LogP contribution in [-0.2, 0) is 19.2 Å². The van der Waals surface area contributed by atoms with Gasteiger partial charge < -0.3 is 21.3 Å². The van der Waals surface area contributed by atoms with Crippen molar-refractivity contribution in [2.45, 2.75) is 52.4 Å². The molecule has 0 radical (unpaired) electrons. The van der Waals surface area contributed by atoms with Gasteiger partial charge in [-0.1, -0.05) is 37.1 Å². The lowest BCUT2D eigenvalue weighted by molar-refractivity contribution is -0.117. The number of hydrogen-bond donors (Lipinski definition) is 4. The summed E-state index contributed by atoms with van der Waals surface area (Å²) in [5.74, 6) is -0.715. The van der Waals surface area contributed by atoms with Crippen LogP contribution in [-0.4, -0.2) is 46.4 Å². The van der Waals surface area contributed by atoms with Crippen LogP contribution < -0.4 is 21.3 Å². The number of rotatable bonds is 10. The largest absolute Gasteiger partial charge is 0.353 e. The van der Waals surface area contributed by atoms with E-state index in [4.69, 9.17) is 0 Å². The van der Waals surface area contributed by atoms with Crippen molar-refractivity contribution in [3.63, 3.8) is 0 Å². The normalized spacial score (nSPS) is 17.4. The van der Waals surface area contributed by atoms with E-state index in [0.717, 1.165) is 12.8 Å². The Morgan fingerprint density at radius 3 is 1.92 bits per heavy atom. The second-order valence-corrected chi connectivity index (χ2v) is 8.85. The van der Waals surface area contributed by atoms with E-state index in [0.29, 0.717) is 37.1 Å². The highest BCUT2D eigenvalue weighted by Gasteiger charge is 2.22. The third-order valence-electron chi connectivity index (χ3n) is 5.69. The topological polar surface area (TPSA) is 166 Å². The van der Waals surface area contributed by atoms with E-state index in [2.05, 4.69) is 31.2 Å². The van der Waals surface area contributed by atoms with Crippen LogP contribution in [0.15, 0.2) is 53.0 Å². The second kappa shape index (κ2) is 13.6. The number of aromatic nitrogens is 2. The molecule has 11 heteroatoms. The van der Waals surface area contributed by atoms with E-state index in [1.807, 2.05) is 19.9 Å². The predicted octanol–water partition coefficient (Wildman–Crippen LogP) is 2.57. The van der Waals surface area contributed by atoms with Gasteiger partial charge in [-0.15, -0.1) is 0 Å². The summed E-state index contributed by atoms with van der Waals surface area (Å²) in [5, 5.41) is 20.8. The maximum atomic E-state index is 12.7. The lowest BCUT2D eigenvalue weighted by atomic mass is 9.96. The fourth-order valence-electron chi connectivity index (χ4n) is 3.74. The van der Waals surface area contributed by atoms with E-state index >= 15 is 0 Å².